The second-order valence-electron chi connectivity index (χ2n) is 11.0. The second-order valence-corrected chi connectivity index (χ2v) is 11.0. The third-order valence-corrected chi connectivity index (χ3v) is 7.12. The molecule has 2 amide bonds. The van der Waals surface area contributed by atoms with Gasteiger partial charge in [0.2, 0.25) is 5.95 Å². The molecule has 1 aliphatic heterocycles. The van der Waals surface area contributed by atoms with Crippen LogP contribution in [0.5, 0.6) is 0 Å². The van der Waals surface area contributed by atoms with Crippen molar-refractivity contribution in [1.82, 2.24) is 20.1 Å². The number of ether oxygens (including phenoxy) is 1. The van der Waals surface area contributed by atoms with Crippen LogP contribution in [0.2, 0.25) is 0 Å². The van der Waals surface area contributed by atoms with Crippen molar-refractivity contribution >= 4 is 29.1 Å². The molecule has 0 atom stereocenters. The third kappa shape index (κ3) is 6.58. The zero-order chi connectivity index (χ0) is 29.0. The molecule has 2 heterocycles. The zero-order valence-electron chi connectivity index (χ0n) is 23.8. The number of nitrogens with zero attached hydrogens (tertiary/aromatic N) is 4. The van der Waals surface area contributed by atoms with E-state index in [9.17, 15) is 9.59 Å². The van der Waals surface area contributed by atoms with Gasteiger partial charge in [0.05, 0.1) is 25.1 Å². The Morgan fingerprint density at radius 3 is 2.27 bits per heavy atom. The molecule has 0 aliphatic carbocycles. The van der Waals surface area contributed by atoms with Gasteiger partial charge in [0.15, 0.2) is 0 Å². The molecule has 0 radical (unpaired) electrons. The van der Waals surface area contributed by atoms with Crippen LogP contribution in [0.25, 0.3) is 11.3 Å². The summed E-state index contributed by atoms with van der Waals surface area (Å²) in [6.45, 7) is 10.7. The first-order valence-electron chi connectivity index (χ1n) is 13.6. The fourth-order valence-electron chi connectivity index (χ4n) is 4.63. The van der Waals surface area contributed by atoms with Crippen LogP contribution in [0, 0.1) is 6.92 Å². The van der Waals surface area contributed by atoms with Crippen LogP contribution in [-0.2, 0) is 10.2 Å². The molecule has 1 aliphatic rings. The first kappa shape index (κ1) is 27.9. The fraction of sp³-hybridized carbons (Fsp3) is 0.281. The summed E-state index contributed by atoms with van der Waals surface area (Å²) >= 11 is 0. The van der Waals surface area contributed by atoms with E-state index in [1.165, 1.54) is 5.56 Å². The highest BCUT2D eigenvalue weighted by Gasteiger charge is 2.19. The lowest BCUT2D eigenvalue weighted by Crippen LogP contribution is -2.40. The molecule has 5 rings (SSSR count). The molecule has 0 spiro atoms. The molecular weight excluding hydrogens is 516 g/mol. The van der Waals surface area contributed by atoms with Crippen molar-refractivity contribution in [3.05, 3.63) is 95.2 Å². The molecule has 9 heteroatoms. The van der Waals surface area contributed by atoms with Crippen molar-refractivity contribution in [2.24, 2.45) is 0 Å². The first-order valence-corrected chi connectivity index (χ1v) is 13.6. The van der Waals surface area contributed by atoms with Crippen LogP contribution in [0.3, 0.4) is 0 Å². The topological polar surface area (TPSA) is 109 Å². The maximum absolute atomic E-state index is 13.0. The molecule has 41 heavy (non-hydrogen) atoms. The van der Waals surface area contributed by atoms with Gasteiger partial charge in [-0.25, -0.2) is 4.98 Å². The van der Waals surface area contributed by atoms with Crippen LogP contribution >= 0.6 is 0 Å². The second kappa shape index (κ2) is 11.9. The van der Waals surface area contributed by atoms with E-state index < -0.39 is 0 Å². The molecule has 3 aromatic carbocycles. The number of aromatic nitrogens is 3. The monoisotopic (exact) mass is 550 g/mol. The number of rotatable bonds is 6. The lowest BCUT2D eigenvalue weighted by Gasteiger charge is -2.26. The summed E-state index contributed by atoms with van der Waals surface area (Å²) < 4.78 is 5.33. The van der Waals surface area contributed by atoms with Gasteiger partial charge in [-0.05, 0) is 65.9 Å². The van der Waals surface area contributed by atoms with Crippen molar-refractivity contribution in [3.8, 4) is 11.3 Å². The standard InChI is InChI=1S/C32H34N6O3/c1-21-26(6-5-7-27(21)35-29(39)22-8-12-24(13-9-22)32(2,3)4)28-20-33-37-31(36-28)34-25-14-10-23(11-15-25)30(40)38-16-18-41-19-17-38/h5-15,20H,16-19H2,1-4H3,(H,35,39)(H,34,36,37). The van der Waals surface area contributed by atoms with Crippen LogP contribution < -0.4 is 10.6 Å². The van der Waals surface area contributed by atoms with Crippen molar-refractivity contribution in [2.75, 3.05) is 36.9 Å². The molecule has 0 bridgehead atoms. The highest BCUT2D eigenvalue weighted by Crippen LogP contribution is 2.28. The average molecular weight is 551 g/mol. The number of hydrogen-bond acceptors (Lipinski definition) is 7. The van der Waals surface area contributed by atoms with Crippen molar-refractivity contribution in [2.45, 2.75) is 33.1 Å². The summed E-state index contributed by atoms with van der Waals surface area (Å²) in [5.74, 6) is 0.135. The average Bonchev–Trinajstić information content (AvgIpc) is 2.98. The van der Waals surface area contributed by atoms with E-state index >= 15 is 0 Å². The number of amides is 2. The van der Waals surface area contributed by atoms with Gasteiger partial charge in [0.1, 0.15) is 0 Å². The highest BCUT2D eigenvalue weighted by atomic mass is 16.5. The van der Waals surface area contributed by atoms with Crippen LogP contribution in [0.15, 0.2) is 72.9 Å². The predicted molar refractivity (Wildman–Crippen MR) is 160 cm³/mol. The predicted octanol–water partition coefficient (Wildman–Crippen LogP) is 5.61. The van der Waals surface area contributed by atoms with Crippen LogP contribution in [0.1, 0.15) is 52.6 Å². The van der Waals surface area contributed by atoms with Gasteiger partial charge >= 0.3 is 0 Å². The highest BCUT2D eigenvalue weighted by molar-refractivity contribution is 6.05. The maximum Gasteiger partial charge on any atom is 0.255 e. The van der Waals surface area contributed by atoms with E-state index in [4.69, 9.17) is 4.74 Å². The van der Waals surface area contributed by atoms with Crippen molar-refractivity contribution < 1.29 is 14.3 Å². The van der Waals surface area contributed by atoms with E-state index in [0.717, 1.165) is 16.8 Å². The van der Waals surface area contributed by atoms with E-state index in [2.05, 4.69) is 46.6 Å². The van der Waals surface area contributed by atoms with E-state index in [1.807, 2.05) is 61.5 Å². The summed E-state index contributed by atoms with van der Waals surface area (Å²) in [5.41, 5.74) is 6.14. The lowest BCUT2D eigenvalue weighted by molar-refractivity contribution is 0.0303. The lowest BCUT2D eigenvalue weighted by atomic mass is 9.86. The largest absolute Gasteiger partial charge is 0.378 e. The van der Waals surface area contributed by atoms with Crippen LogP contribution in [0.4, 0.5) is 17.3 Å². The molecule has 1 fully saturated rings. The van der Waals surface area contributed by atoms with Crippen LogP contribution in [-0.4, -0.2) is 58.2 Å². The minimum atomic E-state index is -0.176. The maximum atomic E-state index is 13.0. The Bertz CT molecular complexity index is 1540. The Morgan fingerprint density at radius 2 is 1.59 bits per heavy atom. The number of hydrogen-bond donors (Lipinski definition) is 2. The number of anilines is 3. The molecule has 1 aromatic heterocycles. The molecule has 1 saturated heterocycles. The first-order chi connectivity index (χ1) is 19.7. The number of morpholine rings is 1. The quantitative estimate of drug-likeness (QED) is 0.321. The van der Waals surface area contributed by atoms with Gasteiger partial charge < -0.3 is 20.3 Å². The molecular formula is C32H34N6O3. The molecule has 0 unspecified atom stereocenters. The number of benzene rings is 3. The fourth-order valence-corrected chi connectivity index (χ4v) is 4.63. The Labute approximate surface area is 240 Å². The van der Waals surface area contributed by atoms with Gasteiger partial charge in [0.25, 0.3) is 11.8 Å². The minimum Gasteiger partial charge on any atom is -0.378 e. The number of carbonyl (C=O) groups is 2. The zero-order valence-corrected chi connectivity index (χ0v) is 23.8. The number of nitrogens with one attached hydrogen (secondary N) is 2. The summed E-state index contributed by atoms with van der Waals surface area (Å²) in [6, 6.07) is 20.6. The Balaban J connectivity index is 1.29. The van der Waals surface area contributed by atoms with Gasteiger partial charge in [-0.2, -0.15) is 5.10 Å². The van der Waals surface area contributed by atoms with Gasteiger partial charge in [0, 0.05) is 41.2 Å². The van der Waals surface area contributed by atoms with E-state index in [-0.39, 0.29) is 17.2 Å². The van der Waals surface area contributed by atoms with Gasteiger partial charge in [-0.3, -0.25) is 9.59 Å². The third-order valence-electron chi connectivity index (χ3n) is 7.12. The van der Waals surface area contributed by atoms with Crippen molar-refractivity contribution in [3.63, 3.8) is 0 Å². The summed E-state index contributed by atoms with van der Waals surface area (Å²) in [5, 5.41) is 14.5. The summed E-state index contributed by atoms with van der Waals surface area (Å²) in [7, 11) is 0. The normalized spacial score (nSPS) is 13.5. The van der Waals surface area contributed by atoms with Crippen molar-refractivity contribution in [1.29, 1.82) is 0 Å². The Morgan fingerprint density at radius 1 is 0.902 bits per heavy atom. The Kier molecular flexibility index (Phi) is 8.07. The van der Waals surface area contributed by atoms with Gasteiger partial charge in [-0.15, -0.1) is 5.10 Å². The summed E-state index contributed by atoms with van der Waals surface area (Å²) in [4.78, 5) is 32.2. The molecule has 0 saturated carbocycles. The SMILES string of the molecule is Cc1c(NC(=O)c2ccc(C(C)(C)C)cc2)cccc1-c1cnnc(Nc2ccc(C(=O)N3CCOCC3)cc2)n1. The molecule has 9 nitrogen and oxygen atoms in total. The number of carbonyl (C=O) groups excluding carboxylic acids is 2. The van der Waals surface area contributed by atoms with E-state index in [0.29, 0.717) is 54.8 Å². The summed E-state index contributed by atoms with van der Waals surface area (Å²) in [6.07, 6.45) is 1.59. The smallest absolute Gasteiger partial charge is 0.255 e. The Hall–Kier alpha value is -4.63. The molecule has 2 N–H and O–H groups in total. The molecule has 210 valence electrons. The minimum absolute atomic E-state index is 0.0101. The van der Waals surface area contributed by atoms with E-state index in [1.54, 1.807) is 23.2 Å². The van der Waals surface area contributed by atoms with Gasteiger partial charge in [-0.1, -0.05) is 45.0 Å². The molecule has 4 aromatic rings.